The number of aromatic nitrogens is 1. The Hall–Kier alpha value is -1.14. The summed E-state index contributed by atoms with van der Waals surface area (Å²) < 4.78 is 25.6. The zero-order chi connectivity index (χ0) is 11.8. The van der Waals surface area contributed by atoms with Gasteiger partial charge in [0.15, 0.2) is 0 Å². The molecule has 6 heteroatoms. The maximum Gasteiger partial charge on any atom is 0.248 e. The summed E-state index contributed by atoms with van der Waals surface area (Å²) in [6.07, 6.45) is 3.53. The van der Waals surface area contributed by atoms with Gasteiger partial charge in [0.2, 0.25) is 15.5 Å². The van der Waals surface area contributed by atoms with Crippen molar-refractivity contribution in [3.8, 4) is 0 Å². The Morgan fingerprint density at radius 1 is 1.50 bits per heavy atom. The van der Waals surface area contributed by atoms with Crippen LogP contribution in [-0.4, -0.2) is 30.8 Å². The van der Waals surface area contributed by atoms with E-state index in [1.54, 1.807) is 0 Å². The molecule has 1 unspecified atom stereocenters. The molecule has 1 saturated heterocycles. The molecule has 0 bridgehead atoms. The number of nitrogens with one attached hydrogen (secondary N) is 1. The van der Waals surface area contributed by atoms with Crippen LogP contribution in [0.25, 0.3) is 0 Å². The van der Waals surface area contributed by atoms with E-state index in [-0.39, 0.29) is 4.90 Å². The highest BCUT2D eigenvalue weighted by atomic mass is 32.2. The van der Waals surface area contributed by atoms with Crippen LogP contribution in [0.3, 0.4) is 0 Å². The van der Waals surface area contributed by atoms with Crippen LogP contribution in [0.4, 0.5) is 0 Å². The van der Waals surface area contributed by atoms with Crippen LogP contribution < -0.4 is 5.43 Å². The lowest BCUT2D eigenvalue weighted by Gasteiger charge is -2.14. The van der Waals surface area contributed by atoms with E-state index in [4.69, 9.17) is 0 Å². The fourth-order valence-corrected chi connectivity index (χ4v) is 3.47. The summed E-state index contributed by atoms with van der Waals surface area (Å²) in [6, 6.07) is 1.23. The minimum Gasteiger partial charge on any atom is -0.366 e. The first-order valence-corrected chi connectivity index (χ1v) is 6.63. The monoisotopic (exact) mass is 242 g/mol. The lowest BCUT2D eigenvalue weighted by Crippen LogP contribution is -2.32. The predicted octanol–water partition coefficient (Wildman–Crippen LogP) is 0.405. The molecule has 1 aromatic heterocycles. The molecular formula is C10H14N2O3S. The normalized spacial score (nSPS) is 22.4. The second-order valence-electron chi connectivity index (χ2n) is 4.13. The number of hydrogen-bond donors (Lipinski definition) is 1. The quantitative estimate of drug-likeness (QED) is 0.816. The lowest BCUT2D eigenvalue weighted by molar-refractivity contribution is 0.463. The number of pyridine rings is 1. The molecule has 1 fully saturated rings. The Balaban J connectivity index is 2.40. The van der Waals surface area contributed by atoms with Crippen LogP contribution in [0.1, 0.15) is 13.3 Å². The molecule has 2 heterocycles. The van der Waals surface area contributed by atoms with Crippen molar-refractivity contribution in [2.45, 2.75) is 18.2 Å². The van der Waals surface area contributed by atoms with Gasteiger partial charge in [-0.25, -0.2) is 8.42 Å². The molecule has 2 rings (SSSR count). The van der Waals surface area contributed by atoms with E-state index in [1.165, 1.54) is 22.8 Å². The van der Waals surface area contributed by atoms with Crippen molar-refractivity contribution >= 4 is 10.0 Å². The lowest BCUT2D eigenvalue weighted by atomic mass is 10.2. The Labute approximate surface area is 94.2 Å². The molecule has 1 aliphatic rings. The van der Waals surface area contributed by atoms with Crippen LogP contribution in [0.2, 0.25) is 0 Å². The first kappa shape index (κ1) is 11.3. The first-order valence-electron chi connectivity index (χ1n) is 5.19. The Bertz CT molecular complexity index is 535. The number of aromatic amines is 1. The van der Waals surface area contributed by atoms with Crippen LogP contribution in [-0.2, 0) is 10.0 Å². The third-order valence-electron chi connectivity index (χ3n) is 2.79. The molecule has 16 heavy (non-hydrogen) atoms. The van der Waals surface area contributed by atoms with E-state index in [0.717, 1.165) is 6.42 Å². The highest BCUT2D eigenvalue weighted by Gasteiger charge is 2.31. The van der Waals surface area contributed by atoms with Crippen molar-refractivity contribution in [2.24, 2.45) is 5.92 Å². The second kappa shape index (κ2) is 4.03. The van der Waals surface area contributed by atoms with Crippen LogP contribution in [0, 0.1) is 5.92 Å². The molecule has 1 aromatic rings. The Kier molecular flexibility index (Phi) is 2.86. The zero-order valence-electron chi connectivity index (χ0n) is 9.01. The van der Waals surface area contributed by atoms with E-state index >= 15 is 0 Å². The number of hydrogen-bond acceptors (Lipinski definition) is 3. The van der Waals surface area contributed by atoms with Gasteiger partial charge in [0, 0.05) is 31.5 Å². The fraction of sp³-hybridized carbons (Fsp3) is 0.500. The second-order valence-corrected chi connectivity index (χ2v) is 6.04. The molecule has 0 spiro atoms. The van der Waals surface area contributed by atoms with Gasteiger partial charge in [0.05, 0.1) is 0 Å². The van der Waals surface area contributed by atoms with Crippen molar-refractivity contribution in [1.29, 1.82) is 0 Å². The van der Waals surface area contributed by atoms with E-state index in [2.05, 4.69) is 4.98 Å². The number of rotatable bonds is 2. The van der Waals surface area contributed by atoms with Crippen LogP contribution >= 0.6 is 0 Å². The largest absolute Gasteiger partial charge is 0.366 e. The van der Waals surface area contributed by atoms with Gasteiger partial charge in [0.25, 0.3) is 0 Å². The number of H-pyrrole nitrogens is 1. The van der Waals surface area contributed by atoms with E-state index < -0.39 is 15.5 Å². The van der Waals surface area contributed by atoms with Gasteiger partial charge in [-0.1, -0.05) is 6.92 Å². The average molecular weight is 242 g/mol. The van der Waals surface area contributed by atoms with E-state index in [1.807, 2.05) is 6.92 Å². The molecule has 88 valence electrons. The van der Waals surface area contributed by atoms with Gasteiger partial charge in [-0.2, -0.15) is 4.31 Å². The summed E-state index contributed by atoms with van der Waals surface area (Å²) in [6.45, 7) is 3.00. The predicted molar refractivity (Wildman–Crippen MR) is 59.6 cm³/mol. The molecular weight excluding hydrogens is 228 g/mol. The van der Waals surface area contributed by atoms with Crippen molar-refractivity contribution in [3.05, 3.63) is 28.7 Å². The van der Waals surface area contributed by atoms with Crippen LogP contribution in [0.15, 0.2) is 28.2 Å². The van der Waals surface area contributed by atoms with Gasteiger partial charge in [0.1, 0.15) is 4.90 Å². The average Bonchev–Trinajstić information content (AvgIpc) is 2.66. The molecule has 1 aliphatic heterocycles. The number of sulfonamides is 1. The first-order chi connectivity index (χ1) is 7.51. The van der Waals surface area contributed by atoms with Gasteiger partial charge < -0.3 is 4.98 Å². The molecule has 0 saturated carbocycles. The summed E-state index contributed by atoms with van der Waals surface area (Å²) in [5.41, 5.74) is -0.460. The van der Waals surface area contributed by atoms with Gasteiger partial charge >= 0.3 is 0 Å². The van der Waals surface area contributed by atoms with Gasteiger partial charge in [-0.3, -0.25) is 4.79 Å². The zero-order valence-corrected chi connectivity index (χ0v) is 9.83. The smallest absolute Gasteiger partial charge is 0.248 e. The molecule has 0 aromatic carbocycles. The summed E-state index contributed by atoms with van der Waals surface area (Å²) in [5, 5.41) is 0. The Morgan fingerprint density at radius 2 is 2.25 bits per heavy atom. The molecule has 0 aliphatic carbocycles. The molecule has 0 radical (unpaired) electrons. The summed E-state index contributed by atoms with van der Waals surface area (Å²) in [4.78, 5) is 14.0. The molecule has 1 N–H and O–H groups in total. The van der Waals surface area contributed by atoms with Gasteiger partial charge in [-0.15, -0.1) is 0 Å². The standard InChI is InChI=1S/C10H14N2O3S/c1-8-3-5-12(7-8)16(14,15)10-6-11-4-2-9(10)13/h2,4,6,8H,3,5,7H2,1H3,(H,11,13). The summed E-state index contributed by atoms with van der Waals surface area (Å²) in [7, 11) is -3.61. The third-order valence-corrected chi connectivity index (χ3v) is 4.68. The fourth-order valence-electron chi connectivity index (χ4n) is 1.85. The third kappa shape index (κ3) is 1.90. The van der Waals surface area contributed by atoms with E-state index in [0.29, 0.717) is 19.0 Å². The van der Waals surface area contributed by atoms with Crippen LogP contribution in [0.5, 0.6) is 0 Å². The molecule has 5 nitrogen and oxygen atoms in total. The summed E-state index contributed by atoms with van der Waals surface area (Å²) >= 11 is 0. The van der Waals surface area contributed by atoms with E-state index in [9.17, 15) is 13.2 Å². The summed E-state index contributed by atoms with van der Waals surface area (Å²) in [5.74, 6) is 0.359. The minimum atomic E-state index is -3.61. The highest BCUT2D eigenvalue weighted by molar-refractivity contribution is 7.89. The van der Waals surface area contributed by atoms with Crippen molar-refractivity contribution in [3.63, 3.8) is 0 Å². The maximum absolute atomic E-state index is 12.1. The maximum atomic E-state index is 12.1. The Morgan fingerprint density at radius 3 is 2.81 bits per heavy atom. The SMILES string of the molecule is CC1CCN(S(=O)(=O)c2c[nH]ccc2=O)C1. The molecule has 1 atom stereocenters. The van der Waals surface area contributed by atoms with Crippen molar-refractivity contribution < 1.29 is 8.42 Å². The van der Waals surface area contributed by atoms with Gasteiger partial charge in [-0.05, 0) is 12.3 Å². The topological polar surface area (TPSA) is 70.2 Å². The van der Waals surface area contributed by atoms with Crippen molar-refractivity contribution in [1.82, 2.24) is 9.29 Å². The highest BCUT2D eigenvalue weighted by Crippen LogP contribution is 2.21. The van der Waals surface area contributed by atoms with Crippen molar-refractivity contribution in [2.75, 3.05) is 13.1 Å². The minimum absolute atomic E-state index is 0.163. The number of nitrogens with zero attached hydrogens (tertiary/aromatic N) is 1. The molecule has 0 amide bonds.